The first-order valence-corrected chi connectivity index (χ1v) is 6.90. The molecule has 0 fully saturated rings. The number of nitrogens with zero attached hydrogens (tertiary/aromatic N) is 2. The Hall–Kier alpha value is -1.42. The standard InChI is InChI=1S/C14H16BrN3/c1-3-10-7-5-6-8-11(10)16-14-9-12(15)17-13(4-2)18-14/h5-9H,3-4H2,1-2H3,(H,16,17,18). The summed E-state index contributed by atoms with van der Waals surface area (Å²) in [5.74, 6) is 1.66. The molecule has 94 valence electrons. The lowest BCUT2D eigenvalue weighted by atomic mass is 10.1. The molecule has 4 heteroatoms. The van der Waals surface area contributed by atoms with Crippen molar-refractivity contribution < 1.29 is 0 Å². The van der Waals surface area contributed by atoms with Crippen LogP contribution in [0.25, 0.3) is 0 Å². The summed E-state index contributed by atoms with van der Waals surface area (Å²) in [4.78, 5) is 8.77. The van der Waals surface area contributed by atoms with Crippen LogP contribution in [0.5, 0.6) is 0 Å². The van der Waals surface area contributed by atoms with E-state index in [1.54, 1.807) is 0 Å². The molecule has 18 heavy (non-hydrogen) atoms. The molecule has 2 rings (SSSR count). The zero-order valence-corrected chi connectivity index (χ0v) is 12.2. The van der Waals surface area contributed by atoms with Crippen molar-refractivity contribution in [1.82, 2.24) is 9.97 Å². The first kappa shape index (κ1) is 13.0. The number of halogens is 1. The lowest BCUT2D eigenvalue weighted by Crippen LogP contribution is -2.01. The van der Waals surface area contributed by atoms with Crippen molar-refractivity contribution in [2.24, 2.45) is 0 Å². The predicted molar refractivity (Wildman–Crippen MR) is 78.2 cm³/mol. The van der Waals surface area contributed by atoms with Gasteiger partial charge in [0.2, 0.25) is 0 Å². The minimum Gasteiger partial charge on any atom is -0.340 e. The summed E-state index contributed by atoms with van der Waals surface area (Å²) in [6, 6.07) is 10.2. The number of aromatic nitrogens is 2. The molecule has 0 atom stereocenters. The van der Waals surface area contributed by atoms with Gasteiger partial charge in [0.15, 0.2) is 0 Å². The lowest BCUT2D eigenvalue weighted by molar-refractivity contribution is 0.931. The van der Waals surface area contributed by atoms with Crippen molar-refractivity contribution in [2.45, 2.75) is 26.7 Å². The number of benzene rings is 1. The second-order valence-corrected chi connectivity index (χ2v) is 4.79. The first-order chi connectivity index (χ1) is 8.72. The molecule has 0 spiro atoms. The van der Waals surface area contributed by atoms with Crippen LogP contribution in [0.1, 0.15) is 25.2 Å². The zero-order chi connectivity index (χ0) is 13.0. The molecule has 1 aromatic carbocycles. The maximum Gasteiger partial charge on any atom is 0.135 e. The van der Waals surface area contributed by atoms with E-state index in [4.69, 9.17) is 0 Å². The van der Waals surface area contributed by atoms with E-state index in [1.165, 1.54) is 5.56 Å². The molecule has 0 aliphatic heterocycles. The van der Waals surface area contributed by atoms with Gasteiger partial charge in [-0.15, -0.1) is 0 Å². The van der Waals surface area contributed by atoms with E-state index < -0.39 is 0 Å². The van der Waals surface area contributed by atoms with Gasteiger partial charge in [0.05, 0.1) is 0 Å². The van der Waals surface area contributed by atoms with Gasteiger partial charge in [0.1, 0.15) is 16.2 Å². The quantitative estimate of drug-likeness (QED) is 0.864. The van der Waals surface area contributed by atoms with Crippen LogP contribution >= 0.6 is 15.9 Å². The number of nitrogens with one attached hydrogen (secondary N) is 1. The molecule has 1 aromatic heterocycles. The van der Waals surface area contributed by atoms with E-state index in [1.807, 2.05) is 19.1 Å². The number of aryl methyl sites for hydroxylation is 2. The normalized spacial score (nSPS) is 10.4. The monoisotopic (exact) mass is 305 g/mol. The Bertz CT molecular complexity index is 540. The summed E-state index contributed by atoms with van der Waals surface area (Å²) in [5.41, 5.74) is 2.39. The highest BCUT2D eigenvalue weighted by atomic mass is 79.9. The van der Waals surface area contributed by atoms with Crippen LogP contribution in [0.2, 0.25) is 0 Å². The van der Waals surface area contributed by atoms with Crippen molar-refractivity contribution >= 4 is 27.4 Å². The van der Waals surface area contributed by atoms with E-state index in [-0.39, 0.29) is 0 Å². The molecule has 0 aliphatic rings. The summed E-state index contributed by atoms with van der Waals surface area (Å²) in [6.45, 7) is 4.19. The third-order valence-corrected chi connectivity index (χ3v) is 3.12. The van der Waals surface area contributed by atoms with Crippen molar-refractivity contribution in [3.8, 4) is 0 Å². The van der Waals surface area contributed by atoms with Crippen molar-refractivity contribution in [2.75, 3.05) is 5.32 Å². The van der Waals surface area contributed by atoms with Gasteiger partial charge in [-0.1, -0.05) is 32.0 Å². The SMILES string of the molecule is CCc1nc(Br)cc(Nc2ccccc2CC)n1. The lowest BCUT2D eigenvalue weighted by Gasteiger charge is -2.11. The van der Waals surface area contributed by atoms with Crippen LogP contribution in [0.4, 0.5) is 11.5 Å². The van der Waals surface area contributed by atoms with Crippen LogP contribution in [-0.2, 0) is 12.8 Å². The van der Waals surface area contributed by atoms with E-state index in [0.717, 1.165) is 34.8 Å². The second-order valence-electron chi connectivity index (χ2n) is 3.98. The fourth-order valence-corrected chi connectivity index (χ4v) is 2.20. The highest BCUT2D eigenvalue weighted by molar-refractivity contribution is 9.10. The Kier molecular flexibility index (Phi) is 4.31. The minimum absolute atomic E-state index is 0.811. The molecule has 1 N–H and O–H groups in total. The van der Waals surface area contributed by atoms with Gasteiger partial charge < -0.3 is 5.32 Å². The Balaban J connectivity index is 2.30. The summed E-state index contributed by atoms with van der Waals surface area (Å²) in [7, 11) is 0. The number of hydrogen-bond acceptors (Lipinski definition) is 3. The van der Waals surface area contributed by atoms with Crippen LogP contribution < -0.4 is 5.32 Å². The molecular formula is C14H16BrN3. The fourth-order valence-electron chi connectivity index (χ4n) is 1.78. The van der Waals surface area contributed by atoms with Gasteiger partial charge in [0.25, 0.3) is 0 Å². The molecule has 2 aromatic rings. The Morgan fingerprint density at radius 1 is 1.11 bits per heavy atom. The third kappa shape index (κ3) is 3.07. The van der Waals surface area contributed by atoms with E-state index in [2.05, 4.69) is 56.3 Å². The number of rotatable bonds is 4. The predicted octanol–water partition coefficient (Wildman–Crippen LogP) is 4.11. The highest BCUT2D eigenvalue weighted by Crippen LogP contribution is 2.21. The van der Waals surface area contributed by atoms with Gasteiger partial charge in [0, 0.05) is 18.2 Å². The van der Waals surface area contributed by atoms with E-state index in [0.29, 0.717) is 0 Å². The van der Waals surface area contributed by atoms with E-state index >= 15 is 0 Å². The molecule has 0 radical (unpaired) electrons. The van der Waals surface area contributed by atoms with Crippen molar-refractivity contribution in [1.29, 1.82) is 0 Å². The molecule has 1 heterocycles. The number of hydrogen-bond donors (Lipinski definition) is 1. The largest absolute Gasteiger partial charge is 0.340 e. The molecule has 0 bridgehead atoms. The van der Waals surface area contributed by atoms with Crippen LogP contribution in [-0.4, -0.2) is 9.97 Å². The van der Waals surface area contributed by atoms with Gasteiger partial charge in [-0.2, -0.15) is 0 Å². The topological polar surface area (TPSA) is 37.8 Å². The Labute approximate surface area is 116 Å². The molecule has 0 aliphatic carbocycles. The minimum atomic E-state index is 0.811. The van der Waals surface area contributed by atoms with Gasteiger partial charge >= 0.3 is 0 Å². The average molecular weight is 306 g/mol. The highest BCUT2D eigenvalue weighted by Gasteiger charge is 2.04. The summed E-state index contributed by atoms with van der Waals surface area (Å²) >= 11 is 3.41. The number of anilines is 2. The fraction of sp³-hybridized carbons (Fsp3) is 0.286. The molecule has 0 saturated heterocycles. The van der Waals surface area contributed by atoms with Crippen molar-refractivity contribution in [3.63, 3.8) is 0 Å². The first-order valence-electron chi connectivity index (χ1n) is 6.11. The van der Waals surface area contributed by atoms with Gasteiger partial charge in [-0.05, 0) is 34.0 Å². The molecular weight excluding hydrogens is 290 g/mol. The second kappa shape index (κ2) is 5.96. The van der Waals surface area contributed by atoms with Gasteiger partial charge in [-0.3, -0.25) is 0 Å². The van der Waals surface area contributed by atoms with Crippen LogP contribution in [0.15, 0.2) is 34.9 Å². The maximum atomic E-state index is 4.47. The number of para-hydroxylation sites is 1. The van der Waals surface area contributed by atoms with Crippen LogP contribution in [0.3, 0.4) is 0 Å². The van der Waals surface area contributed by atoms with Crippen molar-refractivity contribution in [3.05, 3.63) is 46.3 Å². The maximum absolute atomic E-state index is 4.47. The van der Waals surface area contributed by atoms with E-state index in [9.17, 15) is 0 Å². The molecule has 0 unspecified atom stereocenters. The Morgan fingerprint density at radius 3 is 2.61 bits per heavy atom. The van der Waals surface area contributed by atoms with Gasteiger partial charge in [-0.25, -0.2) is 9.97 Å². The molecule has 0 saturated carbocycles. The Morgan fingerprint density at radius 2 is 1.89 bits per heavy atom. The summed E-state index contributed by atoms with van der Waals surface area (Å²) < 4.78 is 0.811. The molecule has 3 nitrogen and oxygen atoms in total. The summed E-state index contributed by atoms with van der Waals surface area (Å²) in [6.07, 6.45) is 1.82. The molecule has 0 amide bonds. The third-order valence-electron chi connectivity index (χ3n) is 2.72. The average Bonchev–Trinajstić information content (AvgIpc) is 2.38. The smallest absolute Gasteiger partial charge is 0.135 e. The zero-order valence-electron chi connectivity index (χ0n) is 10.6. The van der Waals surface area contributed by atoms with Crippen LogP contribution in [0, 0.1) is 0 Å². The summed E-state index contributed by atoms with van der Waals surface area (Å²) in [5, 5.41) is 3.36.